The molecule has 17 heavy (non-hydrogen) atoms. The normalized spacial score (nSPS) is 12.5. The van der Waals surface area contributed by atoms with Crippen LogP contribution in [-0.2, 0) is 9.59 Å². The highest BCUT2D eigenvalue weighted by atomic mass is 16.4. The zero-order chi connectivity index (χ0) is 13.6. The number of primary amides is 1. The van der Waals surface area contributed by atoms with Gasteiger partial charge < -0.3 is 10.8 Å². The molecule has 0 rings (SSSR count). The summed E-state index contributed by atoms with van der Waals surface area (Å²) in [5, 5.41) is 10.6. The molecular weight excluding hydrogens is 226 g/mol. The second-order valence-corrected chi connectivity index (χ2v) is 4.00. The predicted octanol–water partition coefficient (Wildman–Crippen LogP) is -0.245. The van der Waals surface area contributed by atoms with Crippen LogP contribution in [0.25, 0.3) is 0 Å². The van der Waals surface area contributed by atoms with Crippen LogP contribution >= 0.6 is 0 Å². The number of carbonyl (C=O) groups is 3. The molecule has 1 atom stereocenters. The van der Waals surface area contributed by atoms with Gasteiger partial charge in [-0.1, -0.05) is 0 Å². The van der Waals surface area contributed by atoms with E-state index < -0.39 is 23.9 Å². The van der Waals surface area contributed by atoms with Gasteiger partial charge in [-0.15, -0.1) is 0 Å². The number of amides is 3. The smallest absolute Gasteiger partial charge is 0.318 e. The third kappa shape index (κ3) is 5.86. The van der Waals surface area contributed by atoms with E-state index in [1.54, 1.807) is 11.8 Å². The molecule has 7 heteroatoms. The van der Waals surface area contributed by atoms with E-state index >= 15 is 0 Å². The van der Waals surface area contributed by atoms with E-state index in [2.05, 4.69) is 0 Å². The Morgan fingerprint density at radius 3 is 2.18 bits per heavy atom. The van der Waals surface area contributed by atoms with E-state index in [9.17, 15) is 14.4 Å². The molecule has 0 bridgehead atoms. The van der Waals surface area contributed by atoms with E-state index in [0.717, 1.165) is 0 Å². The lowest BCUT2D eigenvalue weighted by atomic mass is 10.2. The Hall–Kier alpha value is -1.63. The number of nitrogens with one attached hydrogen (secondary N) is 1. The first-order valence-electron chi connectivity index (χ1n) is 5.33. The van der Waals surface area contributed by atoms with Gasteiger partial charge >= 0.3 is 12.0 Å². The Kier molecular flexibility index (Phi) is 6.19. The molecule has 0 heterocycles. The van der Waals surface area contributed by atoms with Crippen molar-refractivity contribution in [1.29, 1.82) is 0 Å². The Labute approximate surface area is 100.0 Å². The maximum absolute atomic E-state index is 11.5. The fraction of sp³-hybridized carbons (Fsp3) is 0.700. The van der Waals surface area contributed by atoms with Crippen LogP contribution in [0.1, 0.15) is 27.2 Å². The molecule has 0 aromatic heterocycles. The Morgan fingerprint density at radius 2 is 1.82 bits per heavy atom. The van der Waals surface area contributed by atoms with Crippen LogP contribution in [0.2, 0.25) is 0 Å². The van der Waals surface area contributed by atoms with Gasteiger partial charge in [0.15, 0.2) is 0 Å². The van der Waals surface area contributed by atoms with Gasteiger partial charge in [0, 0.05) is 12.6 Å². The van der Waals surface area contributed by atoms with E-state index in [-0.39, 0.29) is 19.0 Å². The minimum absolute atomic E-state index is 0.0111. The fourth-order valence-corrected chi connectivity index (χ4v) is 1.50. The van der Waals surface area contributed by atoms with Crippen molar-refractivity contribution in [2.24, 2.45) is 5.73 Å². The molecule has 98 valence electrons. The first kappa shape index (κ1) is 15.4. The first-order valence-corrected chi connectivity index (χ1v) is 5.33. The molecule has 1 unspecified atom stereocenters. The molecule has 0 aromatic carbocycles. The number of carboxylic acid groups (broad SMARTS) is 1. The lowest BCUT2D eigenvalue weighted by Gasteiger charge is -2.30. The molecule has 0 aliphatic carbocycles. The van der Waals surface area contributed by atoms with E-state index in [1.807, 2.05) is 19.2 Å². The average molecular weight is 245 g/mol. The maximum Gasteiger partial charge on any atom is 0.318 e. The molecule has 0 aliphatic rings. The van der Waals surface area contributed by atoms with Crippen molar-refractivity contribution in [2.45, 2.75) is 39.3 Å². The van der Waals surface area contributed by atoms with Crippen LogP contribution in [0.15, 0.2) is 0 Å². The molecule has 0 aromatic rings. The Balaban J connectivity index is 4.52. The number of urea groups is 1. The van der Waals surface area contributed by atoms with Crippen molar-refractivity contribution >= 4 is 17.9 Å². The lowest BCUT2D eigenvalue weighted by Crippen LogP contribution is -2.51. The monoisotopic (exact) mass is 245 g/mol. The molecule has 0 saturated heterocycles. The van der Waals surface area contributed by atoms with Gasteiger partial charge in [-0.3, -0.25) is 19.8 Å². The van der Waals surface area contributed by atoms with Crippen LogP contribution < -0.4 is 11.1 Å². The summed E-state index contributed by atoms with van der Waals surface area (Å²) in [6, 6.07) is -1.53. The quantitative estimate of drug-likeness (QED) is 0.597. The summed E-state index contributed by atoms with van der Waals surface area (Å²) < 4.78 is 0. The summed E-state index contributed by atoms with van der Waals surface area (Å²) in [6.07, 6.45) is -0.0631. The van der Waals surface area contributed by atoms with Crippen LogP contribution in [0, 0.1) is 0 Å². The SMILES string of the molecule is CC(C)N(CCC(=O)O)C(C)C(=O)NC(N)=O. The number of carbonyl (C=O) groups excluding carboxylic acids is 2. The average Bonchev–Trinajstić information content (AvgIpc) is 2.15. The van der Waals surface area contributed by atoms with Gasteiger partial charge in [-0.2, -0.15) is 0 Å². The molecule has 0 saturated carbocycles. The van der Waals surface area contributed by atoms with Crippen molar-refractivity contribution in [1.82, 2.24) is 10.2 Å². The predicted molar refractivity (Wildman–Crippen MR) is 61.3 cm³/mol. The molecule has 0 radical (unpaired) electrons. The lowest BCUT2D eigenvalue weighted by molar-refractivity contribution is -0.138. The van der Waals surface area contributed by atoms with E-state index in [1.165, 1.54) is 0 Å². The summed E-state index contributed by atoms with van der Waals surface area (Å²) in [7, 11) is 0. The summed E-state index contributed by atoms with van der Waals surface area (Å²) in [4.78, 5) is 34.3. The number of hydrogen-bond acceptors (Lipinski definition) is 4. The van der Waals surface area contributed by atoms with Crippen molar-refractivity contribution in [2.75, 3.05) is 6.54 Å². The molecule has 0 spiro atoms. The standard InChI is InChI=1S/C10H19N3O4/c1-6(2)13(5-4-8(14)15)7(3)9(16)12-10(11)17/h6-7H,4-5H2,1-3H3,(H,14,15)(H3,11,12,16,17). The Bertz CT molecular complexity index is 304. The number of hydrogen-bond donors (Lipinski definition) is 3. The van der Waals surface area contributed by atoms with Gasteiger partial charge in [0.1, 0.15) is 0 Å². The van der Waals surface area contributed by atoms with Gasteiger partial charge in [0.25, 0.3) is 0 Å². The number of aliphatic carboxylic acids is 1. The molecule has 7 nitrogen and oxygen atoms in total. The number of nitrogens with zero attached hydrogens (tertiary/aromatic N) is 1. The summed E-state index contributed by atoms with van der Waals surface area (Å²) in [6.45, 7) is 5.52. The van der Waals surface area contributed by atoms with Gasteiger partial charge in [-0.25, -0.2) is 4.79 Å². The fourth-order valence-electron chi connectivity index (χ4n) is 1.50. The third-order valence-corrected chi connectivity index (χ3v) is 2.37. The van der Waals surface area contributed by atoms with Crippen molar-refractivity contribution in [3.63, 3.8) is 0 Å². The third-order valence-electron chi connectivity index (χ3n) is 2.37. The molecule has 4 N–H and O–H groups in total. The van der Waals surface area contributed by atoms with Crippen LogP contribution in [0.3, 0.4) is 0 Å². The molecule has 3 amide bonds. The highest BCUT2D eigenvalue weighted by Gasteiger charge is 2.24. The van der Waals surface area contributed by atoms with Gasteiger partial charge in [0.05, 0.1) is 12.5 Å². The minimum atomic E-state index is -0.932. The zero-order valence-corrected chi connectivity index (χ0v) is 10.3. The summed E-state index contributed by atoms with van der Waals surface area (Å²) in [5.74, 6) is -1.46. The highest BCUT2D eigenvalue weighted by Crippen LogP contribution is 2.06. The van der Waals surface area contributed by atoms with E-state index in [0.29, 0.717) is 0 Å². The number of rotatable bonds is 6. The molecule has 0 aliphatic heterocycles. The van der Waals surface area contributed by atoms with Gasteiger partial charge in [-0.05, 0) is 20.8 Å². The largest absolute Gasteiger partial charge is 0.481 e. The van der Waals surface area contributed by atoms with Crippen LogP contribution in [-0.4, -0.2) is 46.5 Å². The highest BCUT2D eigenvalue weighted by molar-refractivity contribution is 5.96. The number of nitrogens with two attached hydrogens (primary N) is 1. The number of imide groups is 1. The first-order chi connectivity index (χ1) is 7.75. The Morgan fingerprint density at radius 1 is 1.29 bits per heavy atom. The molecule has 0 fully saturated rings. The zero-order valence-electron chi connectivity index (χ0n) is 10.3. The van der Waals surface area contributed by atoms with Gasteiger partial charge in [0.2, 0.25) is 5.91 Å². The van der Waals surface area contributed by atoms with Crippen molar-refractivity contribution in [3.8, 4) is 0 Å². The number of carboxylic acids is 1. The summed E-state index contributed by atoms with van der Waals surface area (Å²) in [5.41, 5.74) is 4.85. The second kappa shape index (κ2) is 6.85. The second-order valence-electron chi connectivity index (χ2n) is 4.00. The van der Waals surface area contributed by atoms with Crippen LogP contribution in [0.5, 0.6) is 0 Å². The van der Waals surface area contributed by atoms with E-state index in [4.69, 9.17) is 10.8 Å². The van der Waals surface area contributed by atoms with Crippen molar-refractivity contribution in [3.05, 3.63) is 0 Å². The minimum Gasteiger partial charge on any atom is -0.481 e. The molecular formula is C10H19N3O4. The van der Waals surface area contributed by atoms with Crippen LogP contribution in [0.4, 0.5) is 4.79 Å². The topological polar surface area (TPSA) is 113 Å². The summed E-state index contributed by atoms with van der Waals surface area (Å²) >= 11 is 0. The maximum atomic E-state index is 11.5. The van der Waals surface area contributed by atoms with Crippen molar-refractivity contribution < 1.29 is 19.5 Å².